The van der Waals surface area contributed by atoms with Crippen LogP contribution in [0.4, 0.5) is 0 Å². The normalized spacial score (nSPS) is 20.4. The van der Waals surface area contributed by atoms with Gasteiger partial charge in [0, 0.05) is 5.56 Å². The summed E-state index contributed by atoms with van der Waals surface area (Å²) in [6.45, 7) is 4.06. The minimum Gasteiger partial charge on any atom is -0.492 e. The summed E-state index contributed by atoms with van der Waals surface area (Å²) in [6, 6.07) is 21.5. The maximum atomic E-state index is 11.0. The van der Waals surface area contributed by atoms with Crippen molar-refractivity contribution >= 4 is 16.3 Å². The summed E-state index contributed by atoms with van der Waals surface area (Å²) in [6.07, 6.45) is 3.56. The largest absolute Gasteiger partial charge is 0.492 e. The maximum absolute atomic E-state index is 11.0. The number of benzene rings is 2. The molecule has 30 heavy (non-hydrogen) atoms. The van der Waals surface area contributed by atoms with Crippen LogP contribution < -0.4 is 4.90 Å². The average molecular weight is 420 g/mol. The Bertz CT molecular complexity index is 1110. The number of hydrogen-bond donors (Lipinski definition) is 2. The summed E-state index contributed by atoms with van der Waals surface area (Å²) in [5, 5.41) is 15.3. The molecule has 5 nitrogen and oxygen atoms in total. The highest BCUT2D eigenvalue weighted by atomic mass is 32.1. The van der Waals surface area contributed by atoms with Gasteiger partial charge in [0.15, 0.2) is 6.04 Å². The third kappa shape index (κ3) is 3.73. The molecule has 0 amide bonds. The molecule has 1 aliphatic rings. The summed E-state index contributed by atoms with van der Waals surface area (Å²) in [4.78, 5) is 7.72. The second kappa shape index (κ2) is 8.20. The molecule has 3 heterocycles. The van der Waals surface area contributed by atoms with Gasteiger partial charge in [0.05, 0.1) is 13.1 Å². The lowest BCUT2D eigenvalue weighted by Gasteiger charge is -2.34. The number of aromatic nitrogens is 3. The van der Waals surface area contributed by atoms with Gasteiger partial charge in [-0.05, 0) is 37.7 Å². The Hall–Kier alpha value is -2.70. The van der Waals surface area contributed by atoms with Gasteiger partial charge < -0.3 is 10.0 Å². The lowest BCUT2D eigenvalue weighted by atomic mass is 9.89. The lowest BCUT2D eigenvalue weighted by Crippen LogP contribution is -3.13. The Labute approximate surface area is 180 Å². The van der Waals surface area contributed by atoms with E-state index in [1.165, 1.54) is 28.9 Å². The third-order valence-corrected chi connectivity index (χ3v) is 7.31. The molecule has 154 valence electrons. The smallest absolute Gasteiger partial charge is 0.235 e. The maximum Gasteiger partial charge on any atom is 0.235 e. The molecular weight excluding hydrogens is 392 g/mol. The highest BCUT2D eigenvalue weighted by Crippen LogP contribution is 2.35. The second-order valence-corrected chi connectivity index (χ2v) is 9.29. The molecule has 0 spiro atoms. The number of rotatable bonds is 5. The van der Waals surface area contributed by atoms with Gasteiger partial charge >= 0.3 is 0 Å². The van der Waals surface area contributed by atoms with E-state index in [0.29, 0.717) is 5.82 Å². The summed E-state index contributed by atoms with van der Waals surface area (Å²) >= 11 is 1.56. The second-order valence-electron chi connectivity index (χ2n) is 8.28. The summed E-state index contributed by atoms with van der Waals surface area (Å²) < 4.78 is 1.59. The molecule has 0 bridgehead atoms. The van der Waals surface area contributed by atoms with Crippen LogP contribution in [0.3, 0.4) is 0 Å². The molecule has 0 saturated carbocycles. The molecular formula is C24H27N4OS+. The van der Waals surface area contributed by atoms with Crippen molar-refractivity contribution in [3.05, 3.63) is 82.5 Å². The molecule has 6 heteroatoms. The van der Waals surface area contributed by atoms with Gasteiger partial charge in [0.25, 0.3) is 0 Å². The van der Waals surface area contributed by atoms with E-state index >= 15 is 0 Å². The Kier molecular flexibility index (Phi) is 5.27. The van der Waals surface area contributed by atoms with Crippen LogP contribution >= 0.6 is 11.3 Å². The van der Waals surface area contributed by atoms with Gasteiger partial charge in [-0.15, -0.1) is 5.10 Å². The molecule has 2 aromatic carbocycles. The van der Waals surface area contributed by atoms with Gasteiger partial charge in [0.1, 0.15) is 10.7 Å². The highest BCUT2D eigenvalue weighted by molar-refractivity contribution is 7.17. The van der Waals surface area contributed by atoms with Gasteiger partial charge in [0.2, 0.25) is 10.8 Å². The van der Waals surface area contributed by atoms with E-state index in [4.69, 9.17) is 0 Å². The number of fused-ring (bicyclic) bond motifs is 1. The quantitative estimate of drug-likeness (QED) is 0.521. The van der Waals surface area contributed by atoms with Crippen LogP contribution in [0.15, 0.2) is 60.7 Å². The van der Waals surface area contributed by atoms with Crippen LogP contribution in [0.5, 0.6) is 5.88 Å². The molecule has 0 aliphatic carbocycles. The van der Waals surface area contributed by atoms with Gasteiger partial charge in [-0.3, -0.25) is 0 Å². The molecule has 1 saturated heterocycles. The van der Waals surface area contributed by atoms with E-state index in [1.807, 2.05) is 13.0 Å². The van der Waals surface area contributed by atoms with Crippen LogP contribution in [-0.2, 0) is 6.42 Å². The van der Waals surface area contributed by atoms with Crippen LogP contribution in [0.2, 0.25) is 0 Å². The molecule has 2 aromatic heterocycles. The van der Waals surface area contributed by atoms with Crippen molar-refractivity contribution in [3.8, 4) is 5.88 Å². The van der Waals surface area contributed by atoms with Crippen molar-refractivity contribution in [2.45, 2.75) is 32.2 Å². The zero-order valence-electron chi connectivity index (χ0n) is 17.2. The molecule has 1 atom stereocenters. The summed E-state index contributed by atoms with van der Waals surface area (Å²) in [7, 11) is 0. The predicted molar refractivity (Wildman–Crippen MR) is 119 cm³/mol. The number of likely N-dealkylation sites (tertiary alicyclic amines) is 1. The van der Waals surface area contributed by atoms with E-state index in [9.17, 15) is 5.11 Å². The van der Waals surface area contributed by atoms with Crippen molar-refractivity contribution in [2.75, 3.05) is 13.1 Å². The van der Waals surface area contributed by atoms with Gasteiger partial charge in [-0.25, -0.2) is 4.98 Å². The number of aromatic hydroxyl groups is 1. The van der Waals surface area contributed by atoms with Crippen LogP contribution in [0.1, 0.15) is 40.7 Å². The molecule has 1 fully saturated rings. The van der Waals surface area contributed by atoms with Crippen molar-refractivity contribution in [1.82, 2.24) is 14.6 Å². The predicted octanol–water partition coefficient (Wildman–Crippen LogP) is 3.43. The fourth-order valence-electron chi connectivity index (χ4n) is 4.74. The van der Waals surface area contributed by atoms with Crippen LogP contribution in [0, 0.1) is 12.8 Å². The van der Waals surface area contributed by atoms with Gasteiger partial charge in [-0.2, -0.15) is 4.52 Å². The monoisotopic (exact) mass is 419 g/mol. The first kappa shape index (κ1) is 19.3. The number of hydrogen-bond acceptors (Lipinski definition) is 4. The molecule has 2 N–H and O–H groups in total. The molecule has 4 aromatic rings. The Balaban J connectivity index is 1.40. The standard InChI is InChI=1S/C24H26N4OS/c1-17-25-24-28(26-17)23(29)22(30-24)21(20-10-6-3-7-11-20)27-14-12-19(13-15-27)16-18-8-4-2-5-9-18/h2-11,19,21,29H,12-16H2,1H3/p+1/t21-/m0/s1. The molecule has 5 rings (SSSR count). The van der Waals surface area contributed by atoms with Crippen LogP contribution in [0.25, 0.3) is 4.96 Å². The van der Waals surface area contributed by atoms with Crippen molar-refractivity contribution in [3.63, 3.8) is 0 Å². The number of nitrogens with zero attached hydrogens (tertiary/aromatic N) is 3. The number of thiazole rings is 1. The van der Waals surface area contributed by atoms with E-state index in [1.54, 1.807) is 15.9 Å². The van der Waals surface area contributed by atoms with Crippen LogP contribution in [-0.4, -0.2) is 32.8 Å². The average Bonchev–Trinajstić information content (AvgIpc) is 3.28. The fraction of sp³-hybridized carbons (Fsp3) is 0.333. The molecule has 0 radical (unpaired) electrons. The minimum absolute atomic E-state index is 0.109. The van der Waals surface area contributed by atoms with Crippen molar-refractivity contribution < 1.29 is 10.0 Å². The Morgan fingerprint density at radius 2 is 1.73 bits per heavy atom. The third-order valence-electron chi connectivity index (χ3n) is 6.22. The number of nitrogens with one attached hydrogen (secondary N) is 1. The van der Waals surface area contributed by atoms with Gasteiger partial charge in [-0.1, -0.05) is 72.0 Å². The molecule has 0 unspecified atom stereocenters. The summed E-state index contributed by atoms with van der Waals surface area (Å²) in [5.74, 6) is 1.66. The molecule has 1 aliphatic heterocycles. The number of quaternary nitrogens is 1. The number of aryl methyl sites for hydroxylation is 1. The highest BCUT2D eigenvalue weighted by Gasteiger charge is 2.35. The summed E-state index contributed by atoms with van der Waals surface area (Å²) in [5.41, 5.74) is 2.68. The van der Waals surface area contributed by atoms with E-state index in [0.717, 1.165) is 35.3 Å². The first-order valence-corrected chi connectivity index (χ1v) is 11.5. The number of piperidine rings is 1. The first-order chi connectivity index (χ1) is 14.7. The topological polar surface area (TPSA) is 54.9 Å². The van der Waals surface area contributed by atoms with E-state index in [-0.39, 0.29) is 11.9 Å². The van der Waals surface area contributed by atoms with Crippen molar-refractivity contribution in [1.29, 1.82) is 0 Å². The first-order valence-electron chi connectivity index (χ1n) is 10.7. The lowest BCUT2D eigenvalue weighted by molar-refractivity contribution is -0.931. The SMILES string of the molecule is Cc1nc2sc([C@H](c3ccccc3)[NH+]3CCC(Cc4ccccc4)CC3)c(O)n2n1. The zero-order valence-corrected chi connectivity index (χ0v) is 18.0. The van der Waals surface area contributed by atoms with E-state index in [2.05, 4.69) is 64.7 Å². The Morgan fingerprint density at radius 1 is 1.07 bits per heavy atom. The van der Waals surface area contributed by atoms with Crippen molar-refractivity contribution in [2.24, 2.45) is 5.92 Å². The minimum atomic E-state index is 0.109. The zero-order chi connectivity index (χ0) is 20.5. The Morgan fingerprint density at radius 3 is 2.40 bits per heavy atom. The fourth-order valence-corrected chi connectivity index (χ4v) is 5.93. The van der Waals surface area contributed by atoms with E-state index < -0.39 is 0 Å².